The molecule has 0 saturated heterocycles. The highest BCUT2D eigenvalue weighted by atomic mass is 16.6. The van der Waals surface area contributed by atoms with Crippen molar-refractivity contribution < 1.29 is 38.1 Å². The van der Waals surface area contributed by atoms with Gasteiger partial charge < -0.3 is 29.6 Å². The van der Waals surface area contributed by atoms with Crippen LogP contribution in [-0.4, -0.2) is 50.6 Å². The molecule has 1 aromatic rings. The number of rotatable bonds is 14. The van der Waals surface area contributed by atoms with Gasteiger partial charge in [0, 0.05) is 0 Å². The van der Waals surface area contributed by atoms with Crippen LogP contribution in [0.2, 0.25) is 0 Å². The van der Waals surface area contributed by atoms with Gasteiger partial charge in [-0.3, -0.25) is 9.59 Å². The van der Waals surface area contributed by atoms with Crippen molar-refractivity contribution >= 4 is 25.1 Å². The Labute approximate surface area is 239 Å². The van der Waals surface area contributed by atoms with Gasteiger partial charge in [-0.1, -0.05) is 50.3 Å². The third-order valence-corrected chi connectivity index (χ3v) is 5.29. The summed E-state index contributed by atoms with van der Waals surface area (Å²) in [6.07, 6.45) is 2.11. The minimum Gasteiger partial charge on any atom is -0.464 e. The molecule has 0 fully saturated rings. The monoisotopic (exact) mass is 564 g/mol. The lowest BCUT2D eigenvalue weighted by atomic mass is 9.87. The Balaban J connectivity index is 0. The largest absolute Gasteiger partial charge is 0.464 e. The summed E-state index contributed by atoms with van der Waals surface area (Å²) in [5, 5.41) is 5.65. The molecule has 0 spiro atoms. The minimum atomic E-state index is -0.799. The number of hydrogen-bond donors (Lipinski definition) is 2. The van der Waals surface area contributed by atoms with Gasteiger partial charge in [-0.25, -0.2) is 9.59 Å². The Kier molecular flexibility index (Phi) is 20.2. The zero-order chi connectivity index (χ0) is 31.2. The number of carbonyl (C=O) groups is 4. The predicted molar refractivity (Wildman–Crippen MR) is 156 cm³/mol. The zero-order valence-electron chi connectivity index (χ0n) is 25.3. The molecule has 40 heavy (non-hydrogen) atoms. The Morgan fingerprint density at radius 3 is 1.40 bits per heavy atom. The first-order valence-electron chi connectivity index (χ1n) is 13.1. The number of nitrogens with one attached hydrogen (secondary N) is 2. The summed E-state index contributed by atoms with van der Waals surface area (Å²) in [5.41, 5.74) is -0.0266. The summed E-state index contributed by atoms with van der Waals surface area (Å²) in [7, 11) is 0. The summed E-state index contributed by atoms with van der Waals surface area (Å²) in [6.45, 7) is 22.0. The van der Waals surface area contributed by atoms with E-state index in [9.17, 15) is 19.2 Å². The molecule has 1 aromatic carbocycles. The van der Waals surface area contributed by atoms with Crippen molar-refractivity contribution in [3.8, 4) is 0 Å². The van der Waals surface area contributed by atoms with E-state index >= 15 is 0 Å². The van der Waals surface area contributed by atoms with Gasteiger partial charge in [0.25, 0.3) is 12.9 Å². The van der Waals surface area contributed by atoms with E-state index in [0.717, 1.165) is 11.1 Å². The molecule has 1 rings (SSSR count). The molecule has 0 bridgehead atoms. The lowest BCUT2D eigenvalue weighted by Crippen LogP contribution is -2.44. The maximum Gasteiger partial charge on any atom is 0.408 e. The van der Waals surface area contributed by atoms with Crippen molar-refractivity contribution in [2.75, 3.05) is 13.2 Å². The maximum atomic E-state index is 12.4. The number of amides is 2. The molecule has 0 heterocycles. The van der Waals surface area contributed by atoms with Crippen LogP contribution in [0.1, 0.15) is 79.4 Å². The molecule has 0 aromatic heterocycles. The first-order valence-corrected chi connectivity index (χ1v) is 13.1. The highest BCUT2D eigenvalue weighted by Gasteiger charge is 2.29. The molecule has 0 radical (unpaired) electrons. The van der Waals surface area contributed by atoms with E-state index in [1.807, 2.05) is 79.7 Å². The second-order valence-corrected chi connectivity index (χ2v) is 9.63. The molecule has 226 valence electrons. The van der Waals surface area contributed by atoms with Crippen molar-refractivity contribution in [1.29, 1.82) is 0 Å². The summed E-state index contributed by atoms with van der Waals surface area (Å²) in [6, 6.07) is 7.41. The third kappa shape index (κ3) is 16.2. The third-order valence-electron chi connectivity index (χ3n) is 5.29. The van der Waals surface area contributed by atoms with Crippen LogP contribution in [0.25, 0.3) is 0 Å². The highest BCUT2D eigenvalue weighted by Crippen LogP contribution is 2.27. The molecule has 10 nitrogen and oxygen atoms in total. The normalized spacial score (nSPS) is 11.8. The first kappa shape index (κ1) is 38.3. The van der Waals surface area contributed by atoms with Gasteiger partial charge in [0.1, 0.15) is 25.4 Å². The molecule has 2 N–H and O–H groups in total. The Morgan fingerprint density at radius 1 is 0.800 bits per heavy atom. The fraction of sp³-hybridized carbons (Fsp3) is 0.533. The first-order chi connectivity index (χ1) is 18.8. The van der Waals surface area contributed by atoms with Gasteiger partial charge in [0.05, 0.1) is 11.1 Å². The zero-order valence-corrected chi connectivity index (χ0v) is 25.3. The van der Waals surface area contributed by atoms with Crippen LogP contribution in [0, 0.1) is 0 Å². The summed E-state index contributed by atoms with van der Waals surface area (Å²) >= 11 is 0. The van der Waals surface area contributed by atoms with E-state index in [0.29, 0.717) is 25.8 Å². The lowest BCUT2D eigenvalue weighted by molar-refractivity contribution is -0.132. The van der Waals surface area contributed by atoms with Gasteiger partial charge in [0.15, 0.2) is 0 Å². The fourth-order valence-corrected chi connectivity index (χ4v) is 3.08. The summed E-state index contributed by atoms with van der Waals surface area (Å²) < 4.78 is 20.1. The second kappa shape index (κ2) is 21.1. The maximum absolute atomic E-state index is 12.4. The van der Waals surface area contributed by atoms with E-state index in [1.54, 1.807) is 12.2 Å². The Hall–Kier alpha value is -3.82. The van der Waals surface area contributed by atoms with Crippen LogP contribution in [0.15, 0.2) is 49.6 Å². The van der Waals surface area contributed by atoms with Crippen molar-refractivity contribution in [1.82, 2.24) is 10.6 Å². The minimum absolute atomic E-state index is 0.0144. The molecule has 0 aliphatic rings. The van der Waals surface area contributed by atoms with E-state index in [2.05, 4.69) is 33.3 Å². The van der Waals surface area contributed by atoms with Gasteiger partial charge in [-0.15, -0.1) is 13.2 Å². The smallest absolute Gasteiger partial charge is 0.408 e. The van der Waals surface area contributed by atoms with Crippen LogP contribution in [-0.2, 0) is 39.6 Å². The Morgan fingerprint density at radius 2 is 1.12 bits per heavy atom. The Bertz CT molecular complexity index is 845. The topological polar surface area (TPSA) is 129 Å². The van der Waals surface area contributed by atoms with Crippen LogP contribution in [0.4, 0.5) is 9.59 Å². The molecule has 0 aliphatic carbocycles. The molecular weight excluding hydrogens is 516 g/mol. The molecule has 2 amide bonds. The molecule has 2 unspecified atom stereocenters. The summed E-state index contributed by atoms with van der Waals surface area (Å²) in [5.74, 6) is 0. The van der Waals surface area contributed by atoms with Gasteiger partial charge in [-0.2, -0.15) is 0 Å². The molecule has 2 atom stereocenters. The van der Waals surface area contributed by atoms with Crippen LogP contribution < -0.4 is 10.6 Å². The molecule has 0 aliphatic heterocycles. The highest BCUT2D eigenvalue weighted by molar-refractivity contribution is 5.69. The molecule has 10 heteroatoms. The van der Waals surface area contributed by atoms with Gasteiger partial charge >= 0.3 is 12.2 Å². The van der Waals surface area contributed by atoms with E-state index in [-0.39, 0.29) is 13.2 Å². The SMILES string of the molecule is C=CC.C=CC.CCC(COC=O)OC(=O)NC(C)(C)c1cccc(C(C)(C)NC(=O)OC(CC)COC=O)c1. The molecular formula is C30H48N2O8. The van der Waals surface area contributed by atoms with Crippen LogP contribution in [0.3, 0.4) is 0 Å². The summed E-state index contributed by atoms with van der Waals surface area (Å²) in [4.78, 5) is 45.6. The number of ether oxygens (including phenoxy) is 4. The number of allylic oxidation sites excluding steroid dienone is 2. The fourth-order valence-electron chi connectivity index (χ4n) is 3.08. The number of hydrogen-bond acceptors (Lipinski definition) is 8. The molecule has 0 saturated carbocycles. The number of alkyl carbamates (subject to hydrolysis) is 2. The number of benzene rings is 1. The standard InChI is InChI=1S/C24H36N2O8.2C3H6/c1-7-19(13-31-15-27)33-21(29)25-23(3,4)17-10-9-11-18(12-17)24(5,6)26-22(30)34-20(8-2)14-32-16-28;2*1-3-2/h9-12,15-16,19-20H,7-8,13-14H2,1-6H3,(H,25,29)(H,26,30);2*3H,1H2,2H3. The number of carbonyl (C=O) groups excluding carboxylic acids is 4. The predicted octanol–water partition coefficient (Wildman–Crippen LogP) is 5.90. The van der Waals surface area contributed by atoms with Crippen molar-refractivity contribution in [3.05, 3.63) is 60.7 Å². The average Bonchev–Trinajstić information content (AvgIpc) is 2.89. The van der Waals surface area contributed by atoms with E-state index in [1.165, 1.54) is 0 Å². The van der Waals surface area contributed by atoms with Gasteiger partial charge in [0.2, 0.25) is 0 Å². The van der Waals surface area contributed by atoms with Crippen molar-refractivity contribution in [2.24, 2.45) is 0 Å². The van der Waals surface area contributed by atoms with Crippen LogP contribution >= 0.6 is 0 Å². The second-order valence-electron chi connectivity index (χ2n) is 9.63. The van der Waals surface area contributed by atoms with Crippen molar-refractivity contribution in [2.45, 2.75) is 91.5 Å². The van der Waals surface area contributed by atoms with E-state index < -0.39 is 35.5 Å². The van der Waals surface area contributed by atoms with Gasteiger partial charge in [-0.05, 0) is 65.5 Å². The van der Waals surface area contributed by atoms with Crippen molar-refractivity contribution in [3.63, 3.8) is 0 Å². The average molecular weight is 565 g/mol. The lowest BCUT2D eigenvalue weighted by Gasteiger charge is -2.31. The van der Waals surface area contributed by atoms with E-state index in [4.69, 9.17) is 9.47 Å². The quantitative estimate of drug-likeness (QED) is 0.162. The van der Waals surface area contributed by atoms with Crippen LogP contribution in [0.5, 0.6) is 0 Å².